The number of nitrogens with one attached hydrogen (secondary N) is 2. The molecule has 1 heterocycles. The summed E-state index contributed by atoms with van der Waals surface area (Å²) in [7, 11) is 0. The number of nitrogens with zero attached hydrogens (tertiary/aromatic N) is 1. The van der Waals surface area contributed by atoms with Crippen molar-refractivity contribution in [2.24, 2.45) is 0 Å². The molecule has 1 unspecified atom stereocenters. The average molecular weight is 219 g/mol. The molecule has 2 rings (SSSR count). The second-order valence-electron chi connectivity index (χ2n) is 3.96. The van der Waals surface area contributed by atoms with E-state index in [0.29, 0.717) is 5.69 Å². The number of rotatable bonds is 3. The van der Waals surface area contributed by atoms with Gasteiger partial charge in [0, 0.05) is 12.2 Å². The number of halogens is 3. The highest BCUT2D eigenvalue weighted by molar-refractivity contribution is 5.13. The van der Waals surface area contributed by atoms with Gasteiger partial charge in [0.15, 0.2) is 0 Å². The average Bonchev–Trinajstić information content (AvgIpc) is 2.74. The van der Waals surface area contributed by atoms with Crippen molar-refractivity contribution in [3.8, 4) is 0 Å². The Balaban J connectivity index is 2.04. The molecule has 1 aromatic heterocycles. The van der Waals surface area contributed by atoms with Crippen LogP contribution < -0.4 is 5.32 Å². The molecule has 0 aromatic carbocycles. The maximum absolute atomic E-state index is 12.6. The first-order valence-electron chi connectivity index (χ1n) is 4.78. The van der Waals surface area contributed by atoms with Gasteiger partial charge in [-0.15, -0.1) is 0 Å². The molecular weight excluding hydrogens is 207 g/mol. The Labute approximate surface area is 85.1 Å². The zero-order chi connectivity index (χ0) is 11.1. The van der Waals surface area contributed by atoms with E-state index in [9.17, 15) is 13.2 Å². The van der Waals surface area contributed by atoms with Crippen LogP contribution in [-0.4, -0.2) is 21.9 Å². The second-order valence-corrected chi connectivity index (χ2v) is 3.96. The van der Waals surface area contributed by atoms with Gasteiger partial charge in [-0.25, -0.2) is 0 Å². The standard InChI is InChI=1S/C9H12F3N3/c1-6(7-2-5-13-15-7)14-8(3-4-8)9(10,11)12/h2,5-6,14H,3-4H2,1H3,(H,13,15). The van der Waals surface area contributed by atoms with Crippen molar-refractivity contribution in [3.05, 3.63) is 18.0 Å². The quantitative estimate of drug-likeness (QED) is 0.817. The number of aromatic amines is 1. The molecule has 15 heavy (non-hydrogen) atoms. The SMILES string of the molecule is CC(NC1(C(F)(F)F)CC1)c1ccn[nH]1. The monoisotopic (exact) mass is 219 g/mol. The second kappa shape index (κ2) is 3.23. The maximum atomic E-state index is 12.6. The van der Waals surface area contributed by atoms with Crippen LogP contribution in [0.4, 0.5) is 13.2 Å². The van der Waals surface area contributed by atoms with E-state index in [2.05, 4.69) is 15.5 Å². The minimum atomic E-state index is -4.17. The Morgan fingerprint density at radius 2 is 2.20 bits per heavy atom. The smallest absolute Gasteiger partial charge is 0.295 e. The molecule has 0 aliphatic heterocycles. The fourth-order valence-electron chi connectivity index (χ4n) is 1.63. The van der Waals surface area contributed by atoms with Crippen molar-refractivity contribution in [3.63, 3.8) is 0 Å². The van der Waals surface area contributed by atoms with E-state index in [0.717, 1.165) is 0 Å². The highest BCUT2D eigenvalue weighted by Crippen LogP contribution is 2.50. The molecule has 0 amide bonds. The summed E-state index contributed by atoms with van der Waals surface area (Å²) >= 11 is 0. The third-order valence-electron chi connectivity index (χ3n) is 2.77. The van der Waals surface area contributed by atoms with Gasteiger partial charge in [-0.3, -0.25) is 10.4 Å². The third kappa shape index (κ3) is 1.86. The molecule has 0 radical (unpaired) electrons. The fraction of sp³-hybridized carbons (Fsp3) is 0.667. The van der Waals surface area contributed by atoms with Crippen LogP contribution in [0.15, 0.2) is 12.3 Å². The molecular formula is C9H12F3N3. The normalized spacial score (nSPS) is 21.3. The van der Waals surface area contributed by atoms with Crippen molar-refractivity contribution in [1.82, 2.24) is 15.5 Å². The minimum absolute atomic E-state index is 0.162. The molecule has 3 nitrogen and oxygen atoms in total. The van der Waals surface area contributed by atoms with Crippen molar-refractivity contribution in [2.45, 2.75) is 37.5 Å². The summed E-state index contributed by atoms with van der Waals surface area (Å²) in [5, 5.41) is 8.98. The van der Waals surface area contributed by atoms with E-state index in [-0.39, 0.29) is 18.9 Å². The predicted octanol–water partition coefficient (Wildman–Crippen LogP) is 2.16. The summed E-state index contributed by atoms with van der Waals surface area (Å²) in [4.78, 5) is 0. The van der Waals surface area contributed by atoms with Gasteiger partial charge in [-0.1, -0.05) is 0 Å². The van der Waals surface area contributed by atoms with Crippen LogP contribution in [-0.2, 0) is 0 Å². The molecule has 1 saturated carbocycles. The fourth-order valence-corrected chi connectivity index (χ4v) is 1.63. The summed E-state index contributed by atoms with van der Waals surface area (Å²) in [6.45, 7) is 1.69. The van der Waals surface area contributed by atoms with Crippen molar-refractivity contribution < 1.29 is 13.2 Å². The van der Waals surface area contributed by atoms with E-state index in [1.807, 2.05) is 0 Å². The molecule has 0 bridgehead atoms. The molecule has 6 heteroatoms. The van der Waals surface area contributed by atoms with Crippen molar-refractivity contribution in [2.75, 3.05) is 0 Å². The summed E-state index contributed by atoms with van der Waals surface area (Å²) < 4.78 is 37.8. The number of hydrogen-bond acceptors (Lipinski definition) is 2. The number of H-pyrrole nitrogens is 1. The highest BCUT2D eigenvalue weighted by Gasteiger charge is 2.63. The van der Waals surface area contributed by atoms with Gasteiger partial charge in [-0.05, 0) is 25.8 Å². The van der Waals surface area contributed by atoms with Crippen LogP contribution >= 0.6 is 0 Å². The molecule has 84 valence electrons. The summed E-state index contributed by atoms with van der Waals surface area (Å²) in [5.41, 5.74) is -0.997. The van der Waals surface area contributed by atoms with Gasteiger partial charge in [0.1, 0.15) is 5.54 Å². The molecule has 2 N–H and O–H groups in total. The lowest BCUT2D eigenvalue weighted by Gasteiger charge is -2.24. The van der Waals surface area contributed by atoms with Gasteiger partial charge >= 0.3 is 6.18 Å². The first-order valence-corrected chi connectivity index (χ1v) is 4.78. The Bertz CT molecular complexity index is 327. The number of aromatic nitrogens is 2. The molecule has 1 aliphatic rings. The summed E-state index contributed by atoms with van der Waals surface area (Å²) in [6, 6.07) is 1.31. The van der Waals surface area contributed by atoms with Gasteiger partial charge in [-0.2, -0.15) is 18.3 Å². The Morgan fingerprint density at radius 3 is 2.60 bits per heavy atom. The van der Waals surface area contributed by atoms with Crippen LogP contribution in [0, 0.1) is 0 Å². The van der Waals surface area contributed by atoms with Gasteiger partial charge in [0.05, 0.1) is 5.69 Å². The predicted molar refractivity (Wildman–Crippen MR) is 48.2 cm³/mol. The minimum Gasteiger partial charge on any atom is -0.295 e. The lowest BCUT2D eigenvalue weighted by molar-refractivity contribution is -0.167. The zero-order valence-electron chi connectivity index (χ0n) is 8.23. The van der Waals surface area contributed by atoms with Crippen molar-refractivity contribution in [1.29, 1.82) is 0 Å². The highest BCUT2D eigenvalue weighted by atomic mass is 19.4. The first-order chi connectivity index (χ1) is 6.95. The molecule has 0 spiro atoms. The largest absolute Gasteiger partial charge is 0.406 e. The lowest BCUT2D eigenvalue weighted by Crippen LogP contribution is -2.46. The van der Waals surface area contributed by atoms with Crippen molar-refractivity contribution >= 4 is 0 Å². The maximum Gasteiger partial charge on any atom is 0.406 e. The number of hydrogen-bond donors (Lipinski definition) is 2. The van der Waals surface area contributed by atoms with E-state index in [1.165, 1.54) is 6.20 Å². The van der Waals surface area contributed by atoms with E-state index in [4.69, 9.17) is 0 Å². The molecule has 1 aromatic rings. The Kier molecular flexibility index (Phi) is 2.26. The molecule has 1 aliphatic carbocycles. The number of alkyl halides is 3. The molecule has 0 saturated heterocycles. The lowest BCUT2D eigenvalue weighted by atomic mass is 10.1. The van der Waals surface area contributed by atoms with Crippen LogP contribution in [0.25, 0.3) is 0 Å². The Hall–Kier alpha value is -1.04. The van der Waals surface area contributed by atoms with E-state index >= 15 is 0 Å². The first kappa shape index (κ1) is 10.5. The summed E-state index contributed by atoms with van der Waals surface area (Å²) in [5.74, 6) is 0. The van der Waals surface area contributed by atoms with Crippen LogP contribution in [0.2, 0.25) is 0 Å². The van der Waals surface area contributed by atoms with E-state index < -0.39 is 11.7 Å². The van der Waals surface area contributed by atoms with Gasteiger partial charge in [0.25, 0.3) is 0 Å². The van der Waals surface area contributed by atoms with Gasteiger partial charge < -0.3 is 0 Å². The van der Waals surface area contributed by atoms with Crippen LogP contribution in [0.5, 0.6) is 0 Å². The van der Waals surface area contributed by atoms with Gasteiger partial charge in [0.2, 0.25) is 0 Å². The molecule has 1 fully saturated rings. The van der Waals surface area contributed by atoms with Crippen LogP contribution in [0.1, 0.15) is 31.5 Å². The zero-order valence-corrected chi connectivity index (χ0v) is 8.23. The van der Waals surface area contributed by atoms with Crippen LogP contribution in [0.3, 0.4) is 0 Å². The molecule has 1 atom stereocenters. The third-order valence-corrected chi connectivity index (χ3v) is 2.77. The topological polar surface area (TPSA) is 40.7 Å². The Morgan fingerprint density at radius 1 is 1.53 bits per heavy atom. The van der Waals surface area contributed by atoms with E-state index in [1.54, 1.807) is 13.0 Å². The summed E-state index contributed by atoms with van der Waals surface area (Å²) in [6.07, 6.45) is -2.31.